The van der Waals surface area contributed by atoms with Crippen LogP contribution in [-0.2, 0) is 11.2 Å². The normalized spacial score (nSPS) is 10.3. The predicted molar refractivity (Wildman–Crippen MR) is 149 cm³/mol. The van der Waals surface area contributed by atoms with Crippen LogP contribution in [0, 0.1) is 41.0 Å². The number of rotatable bonds is 7. The quantitative estimate of drug-likeness (QED) is 0.364. The number of anilines is 1. The molecule has 1 unspecified atom stereocenters. The van der Waals surface area contributed by atoms with Gasteiger partial charge in [-0.2, -0.15) is 37.5 Å². The minimum atomic E-state index is -0.0232. The maximum atomic E-state index is 11.4. The molecular weight excluding hydrogens is 421 g/mol. The zero-order chi connectivity index (χ0) is 25.3. The van der Waals surface area contributed by atoms with Crippen molar-refractivity contribution < 1.29 is 23.7 Å². The van der Waals surface area contributed by atoms with Crippen molar-refractivity contribution >= 4 is 11.6 Å². The molecule has 1 N–H and O–H groups in total. The second kappa shape index (κ2) is 18.8. The van der Waals surface area contributed by atoms with Crippen molar-refractivity contribution in [3.8, 4) is 0 Å². The summed E-state index contributed by atoms with van der Waals surface area (Å²) in [7, 11) is 0. The van der Waals surface area contributed by atoms with Crippen molar-refractivity contribution in [2.24, 2.45) is 0 Å². The van der Waals surface area contributed by atoms with E-state index in [1.165, 1.54) is 11.1 Å². The maximum Gasteiger partial charge on any atom is 1.00 e. The Bertz CT molecular complexity index is 948. The Morgan fingerprint density at radius 2 is 1.54 bits per heavy atom. The van der Waals surface area contributed by atoms with Crippen LogP contribution in [0.5, 0.6) is 0 Å². The molecule has 35 heavy (non-hydrogen) atoms. The molecule has 0 fully saturated rings. The third kappa shape index (κ3) is 13.2. The van der Waals surface area contributed by atoms with Gasteiger partial charge in [0.2, 0.25) is 0 Å². The van der Waals surface area contributed by atoms with E-state index in [0.717, 1.165) is 48.1 Å². The number of carbonyl (C=O) groups excluding carboxylic acids is 1. The van der Waals surface area contributed by atoms with E-state index in [1.807, 2.05) is 57.2 Å². The summed E-state index contributed by atoms with van der Waals surface area (Å²) in [5.41, 5.74) is 6.92. The van der Waals surface area contributed by atoms with Crippen molar-refractivity contribution in [1.29, 1.82) is 0 Å². The van der Waals surface area contributed by atoms with Crippen molar-refractivity contribution in [3.63, 3.8) is 0 Å². The Hall–Kier alpha value is -2.53. The van der Waals surface area contributed by atoms with Crippen LogP contribution < -0.4 is 24.2 Å². The van der Waals surface area contributed by atoms with Crippen LogP contribution in [0.3, 0.4) is 0 Å². The Labute approximate surface area is 227 Å². The SMILES string of the molecule is CC[CH-]C(=O)Nc1c(C)cccc1C.[CH2-]CCC([CH2-])c1ccccc1.[CH2-]c1cccc(CC)c1.[Li+]. The number of aryl methyl sites for hydroxylation is 3. The topological polar surface area (TPSA) is 29.1 Å². The van der Waals surface area contributed by atoms with E-state index in [-0.39, 0.29) is 24.8 Å². The summed E-state index contributed by atoms with van der Waals surface area (Å²) in [6.45, 7) is 19.8. The molecule has 0 aliphatic carbocycles. The van der Waals surface area contributed by atoms with E-state index >= 15 is 0 Å². The molecule has 3 aromatic carbocycles. The summed E-state index contributed by atoms with van der Waals surface area (Å²) in [6.07, 6.45) is 5.54. The average molecular weight is 463 g/mol. The predicted octanol–water partition coefficient (Wildman–Crippen LogP) is 5.51. The van der Waals surface area contributed by atoms with Crippen LogP contribution in [0.4, 0.5) is 5.69 Å². The Balaban J connectivity index is 0.000000500. The van der Waals surface area contributed by atoms with Gasteiger partial charge < -0.3 is 30.4 Å². The fraction of sp³-hybridized carbons (Fsp3) is 0.281. The van der Waals surface area contributed by atoms with Crippen LogP contribution in [0.25, 0.3) is 0 Å². The summed E-state index contributed by atoms with van der Waals surface area (Å²) < 4.78 is 0. The average Bonchev–Trinajstić information content (AvgIpc) is 2.83. The van der Waals surface area contributed by atoms with Crippen molar-refractivity contribution in [2.75, 3.05) is 5.32 Å². The van der Waals surface area contributed by atoms with Crippen LogP contribution in [0.1, 0.15) is 66.8 Å². The summed E-state index contributed by atoms with van der Waals surface area (Å²) in [5.74, 6) is 0.388. The van der Waals surface area contributed by atoms with E-state index in [4.69, 9.17) is 0 Å². The fourth-order valence-electron chi connectivity index (χ4n) is 3.36. The second-order valence-electron chi connectivity index (χ2n) is 8.29. The van der Waals surface area contributed by atoms with Gasteiger partial charge in [-0.3, -0.25) is 0 Å². The van der Waals surface area contributed by atoms with E-state index in [1.54, 1.807) is 6.42 Å². The number of benzene rings is 3. The molecule has 2 nitrogen and oxygen atoms in total. The minimum Gasteiger partial charge on any atom is -0.351 e. The number of hydrogen-bond donors (Lipinski definition) is 1. The summed E-state index contributed by atoms with van der Waals surface area (Å²) >= 11 is 0. The Kier molecular flexibility index (Phi) is 17.4. The second-order valence-corrected chi connectivity index (χ2v) is 8.29. The molecule has 1 atom stereocenters. The monoisotopic (exact) mass is 462 g/mol. The molecule has 0 saturated heterocycles. The largest absolute Gasteiger partial charge is 1.00 e. The number of amides is 1. The van der Waals surface area contributed by atoms with Gasteiger partial charge in [-0.05, 0) is 31.4 Å². The molecule has 0 saturated carbocycles. The molecule has 0 aromatic heterocycles. The van der Waals surface area contributed by atoms with E-state index < -0.39 is 0 Å². The molecule has 184 valence electrons. The van der Waals surface area contributed by atoms with E-state index in [0.29, 0.717) is 5.92 Å². The summed E-state index contributed by atoms with van der Waals surface area (Å²) in [4.78, 5) is 11.4. The first-order chi connectivity index (χ1) is 16.3. The molecule has 0 radical (unpaired) electrons. The van der Waals surface area contributed by atoms with Crippen LogP contribution in [0.15, 0.2) is 72.8 Å². The van der Waals surface area contributed by atoms with Crippen LogP contribution in [0.2, 0.25) is 0 Å². The summed E-state index contributed by atoms with van der Waals surface area (Å²) in [5, 5.41) is 2.88. The molecular formula is C32H41LiNO-3. The van der Waals surface area contributed by atoms with Gasteiger partial charge in [-0.25, -0.2) is 0 Å². The number of hydrogen-bond acceptors (Lipinski definition) is 1. The molecule has 3 aromatic rings. The van der Waals surface area contributed by atoms with Gasteiger partial charge in [0.15, 0.2) is 0 Å². The molecule has 1 amide bonds. The fourth-order valence-corrected chi connectivity index (χ4v) is 3.36. The minimum absolute atomic E-state index is 0. The first kappa shape index (κ1) is 32.5. The molecule has 3 heteroatoms. The molecule has 0 aliphatic heterocycles. The molecule has 3 rings (SSSR count). The maximum absolute atomic E-state index is 11.4. The standard InChI is InChI=1S/C12H16NO.C11H14.C9H11.Li/c1-4-6-11(14)13-12-9(2)7-5-8-10(12)3;1-3-7-10(2)11-8-5-4-6-9-11;1-3-9-6-4-5-8(2)7-9;/h5-8H,4H2,1-3H3,(H,13,14);4-6,8-10H,1-3,7H2;4-7H,2-3H2,1H3;/q-1;-2;-1;+1. The first-order valence-corrected chi connectivity index (χ1v) is 12.1. The summed E-state index contributed by atoms with van der Waals surface area (Å²) in [6, 6.07) is 24.6. The third-order valence-electron chi connectivity index (χ3n) is 5.34. The van der Waals surface area contributed by atoms with E-state index in [9.17, 15) is 4.79 Å². The number of nitrogens with one attached hydrogen (secondary N) is 1. The van der Waals surface area contributed by atoms with Crippen LogP contribution >= 0.6 is 0 Å². The molecule has 0 spiro atoms. The van der Waals surface area contributed by atoms with Gasteiger partial charge in [0.05, 0.1) is 5.91 Å². The smallest absolute Gasteiger partial charge is 0.351 e. The van der Waals surface area contributed by atoms with Crippen LogP contribution in [-0.4, -0.2) is 5.91 Å². The van der Waals surface area contributed by atoms with Gasteiger partial charge in [0.1, 0.15) is 0 Å². The van der Waals surface area contributed by atoms with Gasteiger partial charge in [-0.1, -0.05) is 74.0 Å². The molecule has 0 bridgehead atoms. The zero-order valence-corrected chi connectivity index (χ0v) is 22.4. The van der Waals surface area contributed by atoms with Gasteiger partial charge in [0, 0.05) is 5.69 Å². The van der Waals surface area contributed by atoms with Crippen molar-refractivity contribution in [3.05, 3.63) is 128 Å². The van der Waals surface area contributed by atoms with Gasteiger partial charge in [-0.15, -0.1) is 24.0 Å². The molecule has 0 heterocycles. The molecule has 0 aliphatic rings. The third-order valence-corrected chi connectivity index (χ3v) is 5.34. The van der Waals surface area contributed by atoms with E-state index in [2.05, 4.69) is 69.4 Å². The number of para-hydroxylation sites is 1. The van der Waals surface area contributed by atoms with Gasteiger partial charge >= 0.3 is 18.9 Å². The Morgan fingerprint density at radius 1 is 0.943 bits per heavy atom. The zero-order valence-electron chi connectivity index (χ0n) is 22.4. The first-order valence-electron chi connectivity index (χ1n) is 12.1. The van der Waals surface area contributed by atoms with Crippen molar-refractivity contribution in [2.45, 2.75) is 59.3 Å². The van der Waals surface area contributed by atoms with Gasteiger partial charge in [0.25, 0.3) is 0 Å². The Morgan fingerprint density at radius 3 is 2.03 bits per heavy atom. The van der Waals surface area contributed by atoms with Crippen molar-refractivity contribution in [1.82, 2.24) is 0 Å². The number of carbonyl (C=O) groups is 1.